The highest BCUT2D eigenvalue weighted by molar-refractivity contribution is 5.91. The molecular formula is C21H35N7O9. The third-order valence-corrected chi connectivity index (χ3v) is 5.07. The molecule has 2 heterocycles. The predicted octanol–water partition coefficient (Wildman–Crippen LogP) is -4.41. The van der Waals surface area contributed by atoms with Crippen LogP contribution in [0.1, 0.15) is 20.8 Å². The van der Waals surface area contributed by atoms with E-state index in [1.807, 2.05) is 0 Å². The van der Waals surface area contributed by atoms with Crippen molar-refractivity contribution in [2.75, 3.05) is 45.9 Å². The van der Waals surface area contributed by atoms with Crippen molar-refractivity contribution in [2.24, 2.45) is 5.73 Å². The Morgan fingerprint density at radius 1 is 0.703 bits per heavy atom. The van der Waals surface area contributed by atoms with Gasteiger partial charge in [-0.1, -0.05) is 0 Å². The van der Waals surface area contributed by atoms with Crippen LogP contribution in [0.5, 0.6) is 0 Å². The topological polar surface area (TPSA) is 228 Å². The molecule has 0 spiro atoms. The van der Waals surface area contributed by atoms with Gasteiger partial charge in [0.2, 0.25) is 29.5 Å². The quantitative estimate of drug-likeness (QED) is 0.136. The number of alkyl carbamates (subject to hydrolysis) is 1. The van der Waals surface area contributed by atoms with E-state index in [2.05, 4.69) is 31.9 Å². The van der Waals surface area contributed by atoms with Crippen molar-refractivity contribution in [1.29, 1.82) is 0 Å². The summed E-state index contributed by atoms with van der Waals surface area (Å²) in [6, 6.07) is -0.905. The molecule has 0 saturated carbocycles. The van der Waals surface area contributed by atoms with Crippen LogP contribution in [-0.2, 0) is 38.2 Å². The van der Waals surface area contributed by atoms with Gasteiger partial charge in [0, 0.05) is 0 Å². The van der Waals surface area contributed by atoms with E-state index in [0.717, 1.165) is 0 Å². The molecule has 208 valence electrons. The number of nitrogens with two attached hydrogens (primary N) is 1. The first-order chi connectivity index (χ1) is 17.4. The molecule has 2 saturated heterocycles. The van der Waals surface area contributed by atoms with Gasteiger partial charge in [-0.05, 0) is 20.8 Å². The standard InChI is InChI=1S/C21H35N7O9/c1-21(2,3)37-20(34)28-12-10-36-18-11(9-35-19(12)18)27-17(33)8-26-16(32)7-25-15(31)6-24-14(30)5-23-13(29)4-22/h11-12,18-19H,4-10,22H2,1-3H3,(H,23,29)(H,24,30)(H,25,31)(H,26,32)(H,27,33)(H,28,34)/t11-,12-,18+,19+/m0/s1. The summed E-state index contributed by atoms with van der Waals surface area (Å²) in [5.74, 6) is -2.87. The Hall–Kier alpha value is -3.50. The van der Waals surface area contributed by atoms with Crippen LogP contribution in [0.25, 0.3) is 0 Å². The van der Waals surface area contributed by atoms with Crippen LogP contribution in [0, 0.1) is 0 Å². The molecular weight excluding hydrogens is 494 g/mol. The first kappa shape index (κ1) is 29.7. The van der Waals surface area contributed by atoms with E-state index < -0.39 is 78.6 Å². The molecule has 0 aromatic rings. The Bertz CT molecular complexity index is 877. The van der Waals surface area contributed by atoms with Gasteiger partial charge in [-0.3, -0.25) is 24.0 Å². The van der Waals surface area contributed by atoms with Crippen molar-refractivity contribution in [1.82, 2.24) is 31.9 Å². The van der Waals surface area contributed by atoms with Gasteiger partial charge in [0.15, 0.2) is 0 Å². The smallest absolute Gasteiger partial charge is 0.408 e. The van der Waals surface area contributed by atoms with Crippen LogP contribution in [0.15, 0.2) is 0 Å². The number of fused-ring (bicyclic) bond motifs is 1. The van der Waals surface area contributed by atoms with Crippen molar-refractivity contribution >= 4 is 35.6 Å². The van der Waals surface area contributed by atoms with E-state index in [1.165, 1.54) is 0 Å². The molecule has 8 N–H and O–H groups in total. The van der Waals surface area contributed by atoms with Gasteiger partial charge >= 0.3 is 6.09 Å². The van der Waals surface area contributed by atoms with Crippen LogP contribution in [0.2, 0.25) is 0 Å². The highest BCUT2D eigenvalue weighted by Gasteiger charge is 2.49. The number of amides is 6. The maximum absolute atomic E-state index is 12.3. The molecule has 0 aromatic carbocycles. The zero-order valence-electron chi connectivity index (χ0n) is 21.0. The van der Waals surface area contributed by atoms with E-state index in [9.17, 15) is 28.8 Å². The van der Waals surface area contributed by atoms with Gasteiger partial charge in [-0.15, -0.1) is 0 Å². The first-order valence-corrected chi connectivity index (χ1v) is 11.7. The lowest BCUT2D eigenvalue weighted by Crippen LogP contribution is -2.50. The summed E-state index contributed by atoms with van der Waals surface area (Å²) < 4.78 is 16.6. The van der Waals surface area contributed by atoms with Crippen molar-refractivity contribution in [3.63, 3.8) is 0 Å². The second-order valence-corrected chi connectivity index (χ2v) is 9.33. The van der Waals surface area contributed by atoms with E-state index in [1.54, 1.807) is 20.8 Å². The van der Waals surface area contributed by atoms with E-state index >= 15 is 0 Å². The summed E-state index contributed by atoms with van der Waals surface area (Å²) in [5.41, 5.74) is 4.44. The first-order valence-electron chi connectivity index (χ1n) is 11.7. The largest absolute Gasteiger partial charge is 0.444 e. The van der Waals surface area contributed by atoms with Crippen LogP contribution in [-0.4, -0.2) is 111 Å². The third kappa shape index (κ3) is 10.6. The molecule has 37 heavy (non-hydrogen) atoms. The zero-order chi connectivity index (χ0) is 27.6. The summed E-state index contributed by atoms with van der Waals surface area (Å²) in [5, 5.41) is 14.6. The van der Waals surface area contributed by atoms with Gasteiger partial charge in [-0.25, -0.2) is 4.79 Å². The van der Waals surface area contributed by atoms with Gasteiger partial charge in [0.1, 0.15) is 17.8 Å². The van der Waals surface area contributed by atoms with Crippen molar-refractivity contribution in [3.8, 4) is 0 Å². The number of hydrogen-bond donors (Lipinski definition) is 7. The number of ether oxygens (including phenoxy) is 3. The maximum Gasteiger partial charge on any atom is 0.408 e. The monoisotopic (exact) mass is 529 g/mol. The Morgan fingerprint density at radius 2 is 1.11 bits per heavy atom. The van der Waals surface area contributed by atoms with Gasteiger partial charge < -0.3 is 51.8 Å². The molecule has 2 fully saturated rings. The van der Waals surface area contributed by atoms with E-state index in [-0.39, 0.29) is 32.8 Å². The highest BCUT2D eigenvalue weighted by atomic mass is 16.6. The second-order valence-electron chi connectivity index (χ2n) is 9.33. The minimum Gasteiger partial charge on any atom is -0.444 e. The molecule has 2 rings (SSSR count). The Labute approximate surface area is 213 Å². The average Bonchev–Trinajstić information content (AvgIpc) is 3.40. The lowest BCUT2D eigenvalue weighted by atomic mass is 10.1. The van der Waals surface area contributed by atoms with Gasteiger partial charge in [0.05, 0.1) is 58.0 Å². The Morgan fingerprint density at radius 3 is 1.54 bits per heavy atom. The molecule has 4 atom stereocenters. The Balaban J connectivity index is 1.62. The number of carbonyl (C=O) groups is 6. The van der Waals surface area contributed by atoms with Gasteiger partial charge in [0.25, 0.3) is 0 Å². The highest BCUT2D eigenvalue weighted by Crippen LogP contribution is 2.27. The van der Waals surface area contributed by atoms with Crippen LogP contribution in [0.3, 0.4) is 0 Å². The molecule has 2 aliphatic rings. The van der Waals surface area contributed by atoms with Gasteiger partial charge in [-0.2, -0.15) is 0 Å². The molecule has 0 aromatic heterocycles. The summed E-state index contributed by atoms with van der Waals surface area (Å²) in [6.07, 6.45) is -1.52. The molecule has 16 heteroatoms. The second kappa shape index (κ2) is 13.7. The molecule has 6 amide bonds. The predicted molar refractivity (Wildman–Crippen MR) is 126 cm³/mol. The molecule has 0 aliphatic carbocycles. The number of nitrogens with one attached hydrogen (secondary N) is 6. The third-order valence-electron chi connectivity index (χ3n) is 5.07. The lowest BCUT2D eigenvalue weighted by Gasteiger charge is -2.23. The molecule has 2 aliphatic heterocycles. The fraction of sp³-hybridized carbons (Fsp3) is 0.714. The van der Waals surface area contributed by atoms with Crippen LogP contribution >= 0.6 is 0 Å². The summed E-state index contributed by atoms with van der Waals surface area (Å²) in [4.78, 5) is 70.4. The SMILES string of the molecule is CC(C)(C)OC(=O)N[C@H]1CO[C@H]2[C@@H]1OC[C@@H]2NC(=O)CNC(=O)CNC(=O)CNC(=O)CNC(=O)CN. The average molecular weight is 530 g/mol. The fourth-order valence-corrected chi connectivity index (χ4v) is 3.44. The number of rotatable bonds is 11. The summed E-state index contributed by atoms with van der Waals surface area (Å²) in [7, 11) is 0. The summed E-state index contributed by atoms with van der Waals surface area (Å²) >= 11 is 0. The van der Waals surface area contributed by atoms with E-state index in [0.29, 0.717) is 0 Å². The lowest BCUT2D eigenvalue weighted by molar-refractivity contribution is -0.129. The normalized spacial score (nSPS) is 22.3. The van der Waals surface area contributed by atoms with Crippen LogP contribution < -0.4 is 37.6 Å². The minimum absolute atomic E-state index is 0.166. The van der Waals surface area contributed by atoms with Crippen molar-refractivity contribution < 1.29 is 43.0 Å². The van der Waals surface area contributed by atoms with Crippen LogP contribution in [0.4, 0.5) is 4.79 Å². The number of hydrogen-bond acceptors (Lipinski definition) is 10. The zero-order valence-corrected chi connectivity index (χ0v) is 21.0. The summed E-state index contributed by atoms with van der Waals surface area (Å²) in [6.45, 7) is 3.85. The molecule has 0 radical (unpaired) electrons. The molecule has 0 bridgehead atoms. The van der Waals surface area contributed by atoms with Crippen molar-refractivity contribution in [2.45, 2.75) is 50.7 Å². The molecule has 0 unspecified atom stereocenters. The fourth-order valence-electron chi connectivity index (χ4n) is 3.44. The van der Waals surface area contributed by atoms with Crippen molar-refractivity contribution in [3.05, 3.63) is 0 Å². The molecule has 16 nitrogen and oxygen atoms in total. The number of carbonyl (C=O) groups excluding carboxylic acids is 6. The van der Waals surface area contributed by atoms with E-state index in [4.69, 9.17) is 19.9 Å². The maximum atomic E-state index is 12.3. The Kier molecular flexibility index (Phi) is 11.0. The minimum atomic E-state index is -0.649.